The van der Waals surface area contributed by atoms with E-state index in [1.807, 2.05) is 18.2 Å². The molecule has 1 fully saturated rings. The van der Waals surface area contributed by atoms with E-state index in [-0.39, 0.29) is 17.9 Å². The average molecular weight is 410 g/mol. The number of thiazole rings is 1. The Kier molecular flexibility index (Phi) is 5.87. The van der Waals surface area contributed by atoms with E-state index in [0.717, 1.165) is 29.9 Å². The second-order valence-electron chi connectivity index (χ2n) is 7.36. The van der Waals surface area contributed by atoms with Crippen LogP contribution in [0.1, 0.15) is 40.7 Å². The summed E-state index contributed by atoms with van der Waals surface area (Å²) in [7, 11) is 1.60. The Labute approximate surface area is 173 Å². The lowest BCUT2D eigenvalue weighted by molar-refractivity contribution is -0.929. The van der Waals surface area contributed by atoms with Gasteiger partial charge in [-0.05, 0) is 49.2 Å². The van der Waals surface area contributed by atoms with Crippen molar-refractivity contribution in [3.05, 3.63) is 59.1 Å². The molecule has 2 heterocycles. The Bertz CT molecular complexity index is 982. The Morgan fingerprint density at radius 1 is 1.14 bits per heavy atom. The van der Waals surface area contributed by atoms with Crippen LogP contribution in [-0.2, 0) is 4.79 Å². The fourth-order valence-corrected chi connectivity index (χ4v) is 5.05. The number of nitrogens with one attached hydrogen (secondary N) is 3. The minimum absolute atomic E-state index is 0.0132. The second kappa shape index (κ2) is 8.71. The van der Waals surface area contributed by atoms with Crippen LogP contribution in [0.2, 0.25) is 0 Å². The number of hydrogen-bond donors (Lipinski definition) is 3. The monoisotopic (exact) mass is 409 g/mol. The van der Waals surface area contributed by atoms with Crippen molar-refractivity contribution in [2.24, 2.45) is 0 Å². The van der Waals surface area contributed by atoms with E-state index in [1.165, 1.54) is 16.0 Å². The fourth-order valence-electron chi connectivity index (χ4n) is 3.89. The number of nitrogens with zero attached hydrogens (tertiary/aromatic N) is 1. The molecule has 0 aliphatic carbocycles. The van der Waals surface area contributed by atoms with Crippen molar-refractivity contribution in [1.82, 2.24) is 10.3 Å². The molecule has 2 aromatic carbocycles. The van der Waals surface area contributed by atoms with E-state index in [1.54, 1.807) is 42.6 Å². The summed E-state index contributed by atoms with van der Waals surface area (Å²) in [5.74, 6) is -0.153. The van der Waals surface area contributed by atoms with Gasteiger partial charge in [-0.15, -0.1) is 11.3 Å². The molecule has 4 rings (SSSR count). The second-order valence-corrected chi connectivity index (χ2v) is 8.42. The van der Waals surface area contributed by atoms with Crippen LogP contribution in [0.15, 0.2) is 48.5 Å². The van der Waals surface area contributed by atoms with Gasteiger partial charge in [-0.25, -0.2) is 4.98 Å². The molecule has 1 aliphatic rings. The normalized spacial score (nSPS) is 19.1. The quantitative estimate of drug-likeness (QED) is 0.606. The third-order valence-electron chi connectivity index (χ3n) is 5.39. The molecular formula is C22H25N4O2S+. The number of carbonyl (C=O) groups excluding carboxylic acids is 2. The smallest absolute Gasteiger partial charge is 0.279 e. The van der Waals surface area contributed by atoms with Crippen molar-refractivity contribution in [3.63, 3.8) is 0 Å². The van der Waals surface area contributed by atoms with E-state index in [9.17, 15) is 9.59 Å². The predicted octanol–water partition coefficient (Wildman–Crippen LogP) is 2.40. The fraction of sp³-hybridized carbons (Fsp3) is 0.318. The Morgan fingerprint density at radius 3 is 2.69 bits per heavy atom. The van der Waals surface area contributed by atoms with Gasteiger partial charge in [-0.3, -0.25) is 9.59 Å². The molecule has 6 nitrogen and oxygen atoms in total. The number of likely N-dealkylation sites (tertiary alicyclic amines) is 1. The number of aromatic nitrogens is 1. The van der Waals surface area contributed by atoms with Crippen LogP contribution in [0.4, 0.5) is 5.69 Å². The molecular weight excluding hydrogens is 384 g/mol. The first-order chi connectivity index (χ1) is 14.1. The molecule has 0 saturated carbocycles. The Balaban J connectivity index is 1.43. The summed E-state index contributed by atoms with van der Waals surface area (Å²) in [5.41, 5.74) is 2.32. The number of quaternary nitrogens is 1. The molecule has 0 spiro atoms. The molecule has 1 saturated heterocycles. The van der Waals surface area contributed by atoms with Crippen LogP contribution in [0, 0.1) is 0 Å². The first kappa shape index (κ1) is 19.5. The summed E-state index contributed by atoms with van der Waals surface area (Å²) < 4.78 is 1.20. The number of piperidine rings is 1. The van der Waals surface area contributed by atoms with E-state index in [0.29, 0.717) is 17.8 Å². The van der Waals surface area contributed by atoms with Gasteiger partial charge in [0.05, 0.1) is 16.8 Å². The highest BCUT2D eigenvalue weighted by atomic mass is 32.1. The van der Waals surface area contributed by atoms with Crippen molar-refractivity contribution >= 4 is 39.1 Å². The molecule has 7 heteroatoms. The summed E-state index contributed by atoms with van der Waals surface area (Å²) in [4.78, 5) is 30.4. The van der Waals surface area contributed by atoms with Crippen molar-refractivity contribution in [2.75, 3.05) is 25.5 Å². The Hall–Kier alpha value is -2.77. The summed E-state index contributed by atoms with van der Waals surface area (Å²) in [6.45, 7) is 1.39. The highest BCUT2D eigenvalue weighted by Crippen LogP contribution is 2.28. The number of rotatable bonds is 5. The Morgan fingerprint density at radius 2 is 1.93 bits per heavy atom. The van der Waals surface area contributed by atoms with Crippen molar-refractivity contribution in [2.45, 2.75) is 25.3 Å². The SMILES string of the molecule is CNC(=O)c1ccc(NC(=O)C[NH+]2CCCC[C@H]2c2nc3ccccc3s2)cc1. The maximum absolute atomic E-state index is 12.7. The number of hydrogen-bond acceptors (Lipinski definition) is 4. The molecule has 2 atom stereocenters. The third-order valence-corrected chi connectivity index (χ3v) is 6.54. The van der Waals surface area contributed by atoms with Crippen LogP contribution in [-0.4, -0.2) is 36.9 Å². The zero-order valence-corrected chi connectivity index (χ0v) is 17.2. The highest BCUT2D eigenvalue weighted by Gasteiger charge is 2.31. The lowest BCUT2D eigenvalue weighted by Crippen LogP contribution is -3.14. The molecule has 0 bridgehead atoms. The van der Waals surface area contributed by atoms with Crippen molar-refractivity contribution < 1.29 is 14.5 Å². The van der Waals surface area contributed by atoms with Gasteiger partial charge >= 0.3 is 0 Å². The van der Waals surface area contributed by atoms with E-state index >= 15 is 0 Å². The van der Waals surface area contributed by atoms with Gasteiger partial charge in [-0.1, -0.05) is 12.1 Å². The molecule has 0 radical (unpaired) electrons. The molecule has 2 amide bonds. The van der Waals surface area contributed by atoms with Crippen LogP contribution in [0.5, 0.6) is 0 Å². The number of anilines is 1. The number of fused-ring (bicyclic) bond motifs is 1. The molecule has 3 aromatic rings. The van der Waals surface area contributed by atoms with E-state index in [2.05, 4.69) is 16.7 Å². The number of carbonyl (C=O) groups is 2. The summed E-state index contributed by atoms with van der Waals surface area (Å²) >= 11 is 1.74. The largest absolute Gasteiger partial charge is 0.355 e. The van der Waals surface area contributed by atoms with Gasteiger partial charge < -0.3 is 15.5 Å². The minimum atomic E-state index is -0.140. The molecule has 1 aliphatic heterocycles. The van der Waals surface area contributed by atoms with Crippen LogP contribution < -0.4 is 15.5 Å². The zero-order valence-electron chi connectivity index (χ0n) is 16.4. The number of para-hydroxylation sites is 1. The lowest BCUT2D eigenvalue weighted by Gasteiger charge is -2.30. The first-order valence-corrected chi connectivity index (χ1v) is 10.8. The standard InChI is InChI=1S/C22H24N4O2S/c1-23-21(28)15-9-11-16(12-10-15)24-20(27)14-26-13-5-4-7-18(26)22-25-17-6-2-3-8-19(17)29-22/h2-3,6,8-12,18H,4-5,7,13-14H2,1H3,(H,23,28)(H,24,27)/p+1/t18-/m0/s1. The lowest BCUT2D eigenvalue weighted by atomic mass is 10.0. The van der Waals surface area contributed by atoms with Crippen LogP contribution in [0.3, 0.4) is 0 Å². The van der Waals surface area contributed by atoms with Crippen molar-refractivity contribution in [3.8, 4) is 0 Å². The van der Waals surface area contributed by atoms with Crippen LogP contribution >= 0.6 is 11.3 Å². The van der Waals surface area contributed by atoms with Crippen LogP contribution in [0.25, 0.3) is 10.2 Å². The van der Waals surface area contributed by atoms with Gasteiger partial charge in [0.1, 0.15) is 6.04 Å². The molecule has 1 aromatic heterocycles. The van der Waals surface area contributed by atoms with E-state index in [4.69, 9.17) is 4.98 Å². The van der Waals surface area contributed by atoms with Gasteiger partial charge in [0.25, 0.3) is 11.8 Å². The molecule has 1 unspecified atom stereocenters. The summed E-state index contributed by atoms with van der Waals surface area (Å²) in [6, 6.07) is 15.4. The van der Waals surface area contributed by atoms with Gasteiger partial charge in [0.2, 0.25) is 0 Å². The molecule has 150 valence electrons. The first-order valence-electron chi connectivity index (χ1n) is 9.96. The predicted molar refractivity (Wildman–Crippen MR) is 115 cm³/mol. The van der Waals surface area contributed by atoms with Gasteiger partial charge in [-0.2, -0.15) is 0 Å². The van der Waals surface area contributed by atoms with Gasteiger partial charge in [0, 0.05) is 24.7 Å². The highest BCUT2D eigenvalue weighted by molar-refractivity contribution is 7.18. The maximum atomic E-state index is 12.7. The maximum Gasteiger partial charge on any atom is 0.279 e. The minimum Gasteiger partial charge on any atom is -0.355 e. The molecule has 3 N–H and O–H groups in total. The molecule has 29 heavy (non-hydrogen) atoms. The van der Waals surface area contributed by atoms with Gasteiger partial charge in [0.15, 0.2) is 11.6 Å². The van der Waals surface area contributed by atoms with E-state index < -0.39 is 0 Å². The average Bonchev–Trinajstić information content (AvgIpc) is 3.18. The number of benzene rings is 2. The topological polar surface area (TPSA) is 75.5 Å². The third kappa shape index (κ3) is 4.46. The zero-order chi connectivity index (χ0) is 20.2. The summed E-state index contributed by atoms with van der Waals surface area (Å²) in [6.07, 6.45) is 3.36. The summed E-state index contributed by atoms with van der Waals surface area (Å²) in [5, 5.41) is 6.68. The van der Waals surface area contributed by atoms with Crippen molar-refractivity contribution in [1.29, 1.82) is 0 Å². The number of amides is 2.